The second kappa shape index (κ2) is 7.98. The van der Waals surface area contributed by atoms with E-state index in [1.807, 2.05) is 0 Å². The highest BCUT2D eigenvalue weighted by atomic mass is 35.5. The van der Waals surface area contributed by atoms with E-state index in [1.54, 1.807) is 18.2 Å². The van der Waals surface area contributed by atoms with Gasteiger partial charge in [0.15, 0.2) is 0 Å². The second-order valence-electron chi connectivity index (χ2n) is 4.40. The number of rotatable bonds is 8. The zero-order valence-corrected chi connectivity index (χ0v) is 11.6. The van der Waals surface area contributed by atoms with Gasteiger partial charge in [0.2, 0.25) is 5.91 Å². The van der Waals surface area contributed by atoms with Crippen molar-refractivity contribution in [3.8, 4) is 0 Å². The molecule has 3 N–H and O–H groups in total. The van der Waals surface area contributed by atoms with Crippen LogP contribution in [0.25, 0.3) is 0 Å². The molecule has 1 aromatic carbocycles. The van der Waals surface area contributed by atoms with E-state index in [1.165, 1.54) is 25.7 Å². The van der Waals surface area contributed by atoms with Gasteiger partial charge in [-0.3, -0.25) is 4.79 Å². The van der Waals surface area contributed by atoms with Crippen LogP contribution in [0.5, 0.6) is 0 Å². The number of nitrogens with two attached hydrogens (primary N) is 1. The smallest absolute Gasteiger partial charge is 0.248 e. The minimum absolute atomic E-state index is 0.433. The predicted molar refractivity (Wildman–Crippen MR) is 77.2 cm³/mol. The lowest BCUT2D eigenvalue weighted by atomic mass is 10.1. The summed E-state index contributed by atoms with van der Waals surface area (Å²) in [4.78, 5) is 11.1. The Hall–Kier alpha value is -1.22. The first kappa shape index (κ1) is 14.8. The van der Waals surface area contributed by atoms with E-state index in [9.17, 15) is 4.79 Å². The van der Waals surface area contributed by atoms with Crippen molar-refractivity contribution in [1.82, 2.24) is 0 Å². The van der Waals surface area contributed by atoms with Gasteiger partial charge in [0, 0.05) is 12.1 Å². The largest absolute Gasteiger partial charge is 0.384 e. The number of halogens is 1. The van der Waals surface area contributed by atoms with E-state index in [2.05, 4.69) is 12.2 Å². The van der Waals surface area contributed by atoms with Gasteiger partial charge in [0.25, 0.3) is 0 Å². The fourth-order valence-electron chi connectivity index (χ4n) is 1.77. The Bertz CT molecular complexity index is 393. The maximum Gasteiger partial charge on any atom is 0.248 e. The Kier molecular flexibility index (Phi) is 6.58. The van der Waals surface area contributed by atoms with Gasteiger partial charge in [-0.15, -0.1) is 0 Å². The third-order valence-electron chi connectivity index (χ3n) is 2.85. The number of hydrogen-bond donors (Lipinski definition) is 2. The number of carbonyl (C=O) groups is 1. The molecule has 4 heteroatoms. The Morgan fingerprint density at radius 3 is 2.67 bits per heavy atom. The summed E-state index contributed by atoms with van der Waals surface area (Å²) in [5, 5.41) is 3.86. The molecular formula is C14H21ClN2O. The topological polar surface area (TPSA) is 55.1 Å². The quantitative estimate of drug-likeness (QED) is 0.704. The summed E-state index contributed by atoms with van der Waals surface area (Å²) in [5.41, 5.74) is 6.49. The summed E-state index contributed by atoms with van der Waals surface area (Å²) < 4.78 is 0. The highest BCUT2D eigenvalue weighted by molar-refractivity contribution is 6.33. The van der Waals surface area contributed by atoms with E-state index in [0.717, 1.165) is 18.7 Å². The van der Waals surface area contributed by atoms with Crippen LogP contribution in [0.1, 0.15) is 49.4 Å². The van der Waals surface area contributed by atoms with Crippen molar-refractivity contribution in [3.63, 3.8) is 0 Å². The molecule has 0 aliphatic carbocycles. The maximum absolute atomic E-state index is 11.1. The summed E-state index contributed by atoms with van der Waals surface area (Å²) in [6, 6.07) is 5.04. The molecule has 0 heterocycles. The fraction of sp³-hybridized carbons (Fsp3) is 0.500. The van der Waals surface area contributed by atoms with Crippen LogP contribution in [0.15, 0.2) is 18.2 Å². The molecule has 0 unspecified atom stereocenters. The molecule has 1 amide bonds. The first-order valence-corrected chi connectivity index (χ1v) is 6.86. The highest BCUT2D eigenvalue weighted by Gasteiger charge is 2.05. The number of unbranched alkanes of at least 4 members (excludes halogenated alkanes) is 4. The number of amides is 1. The van der Waals surface area contributed by atoms with Crippen molar-refractivity contribution in [2.24, 2.45) is 5.73 Å². The molecule has 0 bridgehead atoms. The van der Waals surface area contributed by atoms with Crippen LogP contribution in [0.2, 0.25) is 5.02 Å². The number of primary amides is 1. The third-order valence-corrected chi connectivity index (χ3v) is 3.18. The SMILES string of the molecule is CCCCCCCNc1cc(C(N)=O)ccc1Cl. The molecule has 0 aliphatic rings. The van der Waals surface area contributed by atoms with E-state index in [4.69, 9.17) is 17.3 Å². The van der Waals surface area contributed by atoms with Crippen molar-refractivity contribution < 1.29 is 4.79 Å². The number of hydrogen-bond acceptors (Lipinski definition) is 2. The van der Waals surface area contributed by atoms with E-state index < -0.39 is 5.91 Å². The first-order valence-electron chi connectivity index (χ1n) is 6.48. The number of anilines is 1. The molecule has 3 nitrogen and oxygen atoms in total. The van der Waals surface area contributed by atoms with Crippen LogP contribution < -0.4 is 11.1 Å². The molecule has 0 aromatic heterocycles. The highest BCUT2D eigenvalue weighted by Crippen LogP contribution is 2.23. The zero-order valence-electron chi connectivity index (χ0n) is 10.8. The van der Waals surface area contributed by atoms with Crippen LogP contribution in [0.4, 0.5) is 5.69 Å². The number of carbonyl (C=O) groups excluding carboxylic acids is 1. The van der Waals surface area contributed by atoms with E-state index in [0.29, 0.717) is 10.6 Å². The predicted octanol–water partition coefficient (Wildman–Crippen LogP) is 3.82. The summed E-state index contributed by atoms with van der Waals surface area (Å²) in [5.74, 6) is -0.433. The number of benzene rings is 1. The van der Waals surface area contributed by atoms with Crippen LogP contribution in [0, 0.1) is 0 Å². The van der Waals surface area contributed by atoms with Gasteiger partial charge in [-0.2, -0.15) is 0 Å². The molecular weight excluding hydrogens is 248 g/mol. The summed E-state index contributed by atoms with van der Waals surface area (Å²) in [6.45, 7) is 3.07. The lowest BCUT2D eigenvalue weighted by Gasteiger charge is -2.09. The van der Waals surface area contributed by atoms with Crippen LogP contribution in [0.3, 0.4) is 0 Å². The number of nitrogens with one attached hydrogen (secondary N) is 1. The lowest BCUT2D eigenvalue weighted by molar-refractivity contribution is 0.100. The van der Waals surface area contributed by atoms with Gasteiger partial charge in [-0.1, -0.05) is 44.2 Å². The van der Waals surface area contributed by atoms with Crippen LogP contribution >= 0.6 is 11.6 Å². The Labute approximate surface area is 114 Å². The molecule has 0 aliphatic heterocycles. The standard InChI is InChI=1S/C14H21ClN2O/c1-2-3-4-5-6-9-17-13-10-11(14(16)18)7-8-12(13)15/h7-8,10,17H,2-6,9H2,1H3,(H2,16,18). The average Bonchev–Trinajstić information content (AvgIpc) is 2.35. The van der Waals surface area contributed by atoms with Gasteiger partial charge >= 0.3 is 0 Å². The van der Waals surface area contributed by atoms with Gasteiger partial charge in [-0.05, 0) is 24.6 Å². The van der Waals surface area contributed by atoms with Crippen molar-refractivity contribution in [2.75, 3.05) is 11.9 Å². The van der Waals surface area contributed by atoms with Crippen molar-refractivity contribution in [3.05, 3.63) is 28.8 Å². The molecule has 0 radical (unpaired) electrons. The van der Waals surface area contributed by atoms with Crippen molar-refractivity contribution >= 4 is 23.2 Å². The van der Waals surface area contributed by atoms with E-state index in [-0.39, 0.29) is 0 Å². The third kappa shape index (κ3) is 4.96. The average molecular weight is 269 g/mol. The molecule has 18 heavy (non-hydrogen) atoms. The monoisotopic (exact) mass is 268 g/mol. The minimum atomic E-state index is -0.433. The van der Waals surface area contributed by atoms with Crippen LogP contribution in [-0.4, -0.2) is 12.5 Å². The molecule has 100 valence electrons. The Morgan fingerprint density at radius 1 is 1.28 bits per heavy atom. The molecule has 0 spiro atoms. The minimum Gasteiger partial charge on any atom is -0.384 e. The van der Waals surface area contributed by atoms with Gasteiger partial charge in [-0.25, -0.2) is 0 Å². The lowest BCUT2D eigenvalue weighted by Crippen LogP contribution is -2.11. The van der Waals surface area contributed by atoms with E-state index >= 15 is 0 Å². The molecule has 1 aromatic rings. The maximum atomic E-state index is 11.1. The molecule has 0 atom stereocenters. The van der Waals surface area contributed by atoms with Crippen LogP contribution in [-0.2, 0) is 0 Å². The molecule has 1 rings (SSSR count). The molecule has 0 saturated carbocycles. The summed E-state index contributed by atoms with van der Waals surface area (Å²) in [7, 11) is 0. The first-order chi connectivity index (χ1) is 8.65. The normalized spacial score (nSPS) is 10.3. The summed E-state index contributed by atoms with van der Waals surface area (Å²) >= 11 is 6.05. The van der Waals surface area contributed by atoms with Crippen molar-refractivity contribution in [1.29, 1.82) is 0 Å². The summed E-state index contributed by atoms with van der Waals surface area (Å²) in [6.07, 6.45) is 6.14. The van der Waals surface area contributed by atoms with Gasteiger partial charge < -0.3 is 11.1 Å². The Morgan fingerprint density at radius 2 is 2.00 bits per heavy atom. The molecule has 0 saturated heterocycles. The molecule has 0 fully saturated rings. The van der Waals surface area contributed by atoms with Crippen molar-refractivity contribution in [2.45, 2.75) is 39.0 Å². The zero-order chi connectivity index (χ0) is 13.4. The Balaban J connectivity index is 2.41. The fourth-order valence-corrected chi connectivity index (χ4v) is 1.95. The van der Waals surface area contributed by atoms with Gasteiger partial charge in [0.05, 0.1) is 10.7 Å². The van der Waals surface area contributed by atoms with Gasteiger partial charge in [0.1, 0.15) is 0 Å². The second-order valence-corrected chi connectivity index (χ2v) is 4.81.